The Morgan fingerprint density at radius 3 is 2.56 bits per heavy atom. The Kier molecular flexibility index (Phi) is 4.61. The Morgan fingerprint density at radius 2 is 2.06 bits per heavy atom. The molecule has 0 saturated heterocycles. The molecule has 5 nitrogen and oxygen atoms in total. The fourth-order valence-corrected chi connectivity index (χ4v) is 1.86. The molecule has 1 rings (SSSR count). The molecular weight excluding hydrogens is 204 g/mol. The van der Waals surface area contributed by atoms with Crippen molar-refractivity contribution in [2.75, 3.05) is 30.8 Å². The van der Waals surface area contributed by atoms with E-state index in [-0.39, 0.29) is 6.61 Å². The second-order valence-corrected chi connectivity index (χ2v) is 4.15. The highest BCUT2D eigenvalue weighted by Crippen LogP contribution is 2.24. The van der Waals surface area contributed by atoms with Crippen LogP contribution >= 0.6 is 0 Å². The summed E-state index contributed by atoms with van der Waals surface area (Å²) in [4.78, 5) is 2.12. The van der Waals surface area contributed by atoms with Crippen LogP contribution in [0.25, 0.3) is 0 Å². The Bertz CT molecular complexity index is 335. The molecule has 0 saturated carbocycles. The lowest BCUT2D eigenvalue weighted by molar-refractivity contribution is 0.283. The van der Waals surface area contributed by atoms with E-state index in [1.807, 2.05) is 25.7 Å². The normalized spacial score (nSPS) is 10.8. The van der Waals surface area contributed by atoms with Gasteiger partial charge < -0.3 is 15.7 Å². The number of aliphatic hydroxyl groups is 1. The summed E-state index contributed by atoms with van der Waals surface area (Å²) >= 11 is 0. The maximum atomic E-state index is 8.69. The summed E-state index contributed by atoms with van der Waals surface area (Å²) in [6.07, 6.45) is 2.96. The molecule has 0 aliphatic rings. The summed E-state index contributed by atoms with van der Waals surface area (Å²) in [6, 6.07) is 0. The maximum Gasteiger partial charge on any atom is 0.150 e. The van der Waals surface area contributed by atoms with Crippen molar-refractivity contribution in [1.29, 1.82) is 0 Å². The lowest BCUT2D eigenvalue weighted by atomic mass is 10.2. The molecule has 0 unspecified atom stereocenters. The SMILES string of the molecule is Cc1nn(C)c(N(C)CCCCCO)c1N. The van der Waals surface area contributed by atoms with Gasteiger partial charge in [-0.1, -0.05) is 0 Å². The molecule has 0 aromatic carbocycles. The minimum absolute atomic E-state index is 0.274. The average molecular weight is 226 g/mol. The summed E-state index contributed by atoms with van der Waals surface area (Å²) in [7, 11) is 3.93. The Hall–Kier alpha value is -1.23. The number of aliphatic hydroxyl groups excluding tert-OH is 1. The molecule has 16 heavy (non-hydrogen) atoms. The fraction of sp³-hybridized carbons (Fsp3) is 0.727. The van der Waals surface area contributed by atoms with Gasteiger partial charge in [0.25, 0.3) is 0 Å². The van der Waals surface area contributed by atoms with E-state index < -0.39 is 0 Å². The lowest BCUT2D eigenvalue weighted by Gasteiger charge is -2.19. The Morgan fingerprint density at radius 1 is 1.38 bits per heavy atom. The molecule has 3 N–H and O–H groups in total. The van der Waals surface area contributed by atoms with Crippen LogP contribution in [0.3, 0.4) is 0 Å². The second-order valence-electron chi connectivity index (χ2n) is 4.15. The molecule has 0 aliphatic carbocycles. The number of rotatable bonds is 6. The van der Waals surface area contributed by atoms with E-state index in [2.05, 4.69) is 10.00 Å². The third kappa shape index (κ3) is 2.88. The molecule has 0 atom stereocenters. The van der Waals surface area contributed by atoms with Crippen LogP contribution in [0.5, 0.6) is 0 Å². The van der Waals surface area contributed by atoms with Crippen molar-refractivity contribution < 1.29 is 5.11 Å². The number of unbranched alkanes of at least 4 members (excludes halogenated alkanes) is 2. The van der Waals surface area contributed by atoms with Crippen molar-refractivity contribution in [2.45, 2.75) is 26.2 Å². The van der Waals surface area contributed by atoms with Crippen molar-refractivity contribution >= 4 is 11.5 Å². The minimum Gasteiger partial charge on any atom is -0.396 e. The van der Waals surface area contributed by atoms with Crippen LogP contribution in [-0.2, 0) is 7.05 Å². The predicted octanol–water partition coefficient (Wildman–Crippen LogP) is 0.910. The van der Waals surface area contributed by atoms with E-state index in [4.69, 9.17) is 10.8 Å². The Balaban J connectivity index is 2.55. The van der Waals surface area contributed by atoms with Crippen molar-refractivity contribution in [1.82, 2.24) is 9.78 Å². The molecule has 0 spiro atoms. The van der Waals surface area contributed by atoms with Gasteiger partial charge in [0.1, 0.15) is 5.82 Å². The van der Waals surface area contributed by atoms with Gasteiger partial charge in [-0.05, 0) is 26.2 Å². The quantitative estimate of drug-likeness (QED) is 0.708. The zero-order valence-corrected chi connectivity index (χ0v) is 10.4. The van der Waals surface area contributed by atoms with Crippen molar-refractivity contribution in [2.24, 2.45) is 7.05 Å². The molecule has 0 aliphatic heterocycles. The van der Waals surface area contributed by atoms with Gasteiger partial charge in [0, 0.05) is 27.2 Å². The molecule has 5 heteroatoms. The average Bonchev–Trinajstić information content (AvgIpc) is 2.48. The highest BCUT2D eigenvalue weighted by molar-refractivity contribution is 5.65. The summed E-state index contributed by atoms with van der Waals surface area (Å²) in [5, 5.41) is 13.0. The number of anilines is 2. The number of hydrogen-bond acceptors (Lipinski definition) is 4. The van der Waals surface area contributed by atoms with E-state index in [9.17, 15) is 0 Å². The van der Waals surface area contributed by atoms with E-state index in [1.54, 1.807) is 0 Å². The highest BCUT2D eigenvalue weighted by Gasteiger charge is 2.13. The third-order valence-electron chi connectivity index (χ3n) is 2.75. The zero-order chi connectivity index (χ0) is 12.1. The van der Waals surface area contributed by atoms with Crippen LogP contribution in [0, 0.1) is 6.92 Å². The number of hydrogen-bond donors (Lipinski definition) is 2. The van der Waals surface area contributed by atoms with E-state index in [0.717, 1.165) is 43.0 Å². The molecular formula is C11H22N4O. The van der Waals surface area contributed by atoms with Crippen LogP contribution in [0.15, 0.2) is 0 Å². The molecule has 92 valence electrons. The maximum absolute atomic E-state index is 8.69. The number of aromatic nitrogens is 2. The number of nitrogens with zero attached hydrogens (tertiary/aromatic N) is 3. The molecule has 1 heterocycles. The molecule has 1 aromatic rings. The number of nitrogen functional groups attached to an aromatic ring is 1. The second kappa shape index (κ2) is 5.75. The van der Waals surface area contributed by atoms with Gasteiger partial charge in [-0.25, -0.2) is 0 Å². The highest BCUT2D eigenvalue weighted by atomic mass is 16.2. The van der Waals surface area contributed by atoms with Crippen LogP contribution in [0.4, 0.5) is 11.5 Å². The van der Waals surface area contributed by atoms with Gasteiger partial charge in [0.05, 0.1) is 11.4 Å². The molecule has 0 bridgehead atoms. The first kappa shape index (κ1) is 12.8. The summed E-state index contributed by atoms with van der Waals surface area (Å²) in [5.41, 5.74) is 7.60. The topological polar surface area (TPSA) is 67.3 Å². The summed E-state index contributed by atoms with van der Waals surface area (Å²) in [5.74, 6) is 0.974. The minimum atomic E-state index is 0.274. The lowest BCUT2D eigenvalue weighted by Crippen LogP contribution is -2.22. The fourth-order valence-electron chi connectivity index (χ4n) is 1.86. The third-order valence-corrected chi connectivity index (χ3v) is 2.75. The van der Waals surface area contributed by atoms with Gasteiger partial charge in [0.2, 0.25) is 0 Å². The Labute approximate surface area is 96.9 Å². The van der Waals surface area contributed by atoms with Crippen LogP contribution in [0.1, 0.15) is 25.0 Å². The molecule has 0 fully saturated rings. The van der Waals surface area contributed by atoms with Gasteiger partial charge in [-0.15, -0.1) is 0 Å². The smallest absolute Gasteiger partial charge is 0.150 e. The van der Waals surface area contributed by atoms with Crippen LogP contribution in [-0.4, -0.2) is 35.1 Å². The summed E-state index contributed by atoms with van der Waals surface area (Å²) in [6.45, 7) is 3.12. The van der Waals surface area contributed by atoms with Crippen LogP contribution < -0.4 is 10.6 Å². The number of nitrogens with two attached hydrogens (primary N) is 1. The first-order chi connectivity index (χ1) is 7.57. The van der Waals surface area contributed by atoms with E-state index in [0.29, 0.717) is 0 Å². The first-order valence-corrected chi connectivity index (χ1v) is 5.69. The van der Waals surface area contributed by atoms with Gasteiger partial charge in [0.15, 0.2) is 0 Å². The van der Waals surface area contributed by atoms with Crippen molar-refractivity contribution in [3.05, 3.63) is 5.69 Å². The van der Waals surface area contributed by atoms with E-state index in [1.165, 1.54) is 0 Å². The van der Waals surface area contributed by atoms with Crippen molar-refractivity contribution in [3.8, 4) is 0 Å². The van der Waals surface area contributed by atoms with Gasteiger partial charge in [-0.2, -0.15) is 5.10 Å². The molecule has 0 radical (unpaired) electrons. The van der Waals surface area contributed by atoms with Gasteiger partial charge in [-0.3, -0.25) is 4.68 Å². The van der Waals surface area contributed by atoms with Gasteiger partial charge >= 0.3 is 0 Å². The van der Waals surface area contributed by atoms with E-state index >= 15 is 0 Å². The molecule has 1 aromatic heterocycles. The largest absolute Gasteiger partial charge is 0.396 e. The predicted molar refractivity (Wildman–Crippen MR) is 66.6 cm³/mol. The van der Waals surface area contributed by atoms with Crippen LogP contribution in [0.2, 0.25) is 0 Å². The standard InChI is InChI=1S/C11H22N4O/c1-9-10(12)11(15(3)13-9)14(2)7-5-4-6-8-16/h16H,4-8,12H2,1-3H3. The van der Waals surface area contributed by atoms with Crippen molar-refractivity contribution in [3.63, 3.8) is 0 Å². The number of aryl methyl sites for hydroxylation is 2. The zero-order valence-electron chi connectivity index (χ0n) is 10.4. The first-order valence-electron chi connectivity index (χ1n) is 5.69. The monoisotopic (exact) mass is 226 g/mol. The molecule has 0 amide bonds. The summed E-state index contributed by atoms with van der Waals surface area (Å²) < 4.78 is 1.82.